The molecule has 1 unspecified atom stereocenters. The molecule has 0 bridgehead atoms. The second-order valence-electron chi connectivity index (χ2n) is 18.8. The van der Waals surface area contributed by atoms with Crippen molar-refractivity contribution >= 4 is 37.8 Å². The fourth-order valence-electron chi connectivity index (χ4n) is 8.45. The summed E-state index contributed by atoms with van der Waals surface area (Å²) in [5, 5.41) is 0.0489. The topological polar surface area (TPSA) is 74.3 Å². The van der Waals surface area contributed by atoms with E-state index in [2.05, 4.69) is 116 Å². The van der Waals surface area contributed by atoms with Gasteiger partial charge in [0.25, 0.3) is 0 Å². The summed E-state index contributed by atoms with van der Waals surface area (Å²) < 4.78 is 58.5. The van der Waals surface area contributed by atoms with Gasteiger partial charge in [0.15, 0.2) is 0 Å². The summed E-state index contributed by atoms with van der Waals surface area (Å²) in [6.45, 7) is 24.0. The molecule has 0 saturated carbocycles. The van der Waals surface area contributed by atoms with Crippen LogP contribution in [-0.4, -0.2) is 86.2 Å². The summed E-state index contributed by atoms with van der Waals surface area (Å²) in [5.74, 6) is 0.540. The Labute approximate surface area is 359 Å². The molecule has 5 rings (SSSR count). The smallest absolute Gasteiger partial charge is 0.207 e. The van der Waals surface area contributed by atoms with Crippen molar-refractivity contribution < 1.29 is 27.1 Å². The Morgan fingerprint density at radius 3 is 2.12 bits per heavy atom. The SMILES string of the molecule is CCC[C@H](C[C@@H]1CC[C@H]([C@@H](C)[C@H](O[Si](C)(C)C(C)(C)C)[C@H](C)[C@@H]2CC([Se]c3ccccc3)[C@H]([C@@H](C)COCc3ccccc3)O2)O1)N(C)S(=O)(=O)c1ccc(C)cc1. The summed E-state index contributed by atoms with van der Waals surface area (Å²) in [6.07, 6.45) is 5.36. The first-order chi connectivity index (χ1) is 27.4. The molecule has 10 atom stereocenters. The monoisotopic (exact) mass is 899 g/mol. The molecule has 3 aromatic carbocycles. The molecule has 0 amide bonds. The van der Waals surface area contributed by atoms with Crippen LogP contribution in [0.1, 0.15) is 98.1 Å². The summed E-state index contributed by atoms with van der Waals surface area (Å²) >= 11 is 0.256. The fraction of sp³-hybridized carbons (Fsp3) is 0.625. The van der Waals surface area contributed by atoms with Crippen LogP contribution in [0, 0.1) is 24.7 Å². The van der Waals surface area contributed by atoms with Gasteiger partial charge in [0, 0.05) is 7.05 Å². The Morgan fingerprint density at radius 1 is 0.879 bits per heavy atom. The number of ether oxygens (including phenoxy) is 3. The van der Waals surface area contributed by atoms with Crippen LogP contribution in [-0.2, 0) is 35.3 Å². The van der Waals surface area contributed by atoms with E-state index in [0.29, 0.717) is 29.3 Å². The standard InChI is InChI=1S/C48H73NO6SSeSi/c1-12-19-39(49(9)56(50,51)41-27-24-34(2)25-28-41)30-40-26-29-43(53-40)36(4)47(55-58(10,11)48(6,7)8)37(5)44-31-45(57-42-22-17-14-18-23-42)46(54-44)35(3)32-52-33-38-20-15-13-16-21-38/h13-18,20-25,27-28,35-37,39-40,43-47H,12,19,26,29-33H2,1-11H3/t35-,36+,37+,39+,40-,43+,44-,45?,46-,47-/m0/s1. The molecule has 3 aromatic rings. The average molecular weight is 899 g/mol. The molecule has 2 saturated heterocycles. The van der Waals surface area contributed by atoms with Crippen LogP contribution >= 0.6 is 0 Å². The number of hydrogen-bond acceptors (Lipinski definition) is 6. The van der Waals surface area contributed by atoms with Gasteiger partial charge in [-0.05, 0) is 19.1 Å². The van der Waals surface area contributed by atoms with Gasteiger partial charge in [-0.2, -0.15) is 0 Å². The predicted octanol–water partition coefficient (Wildman–Crippen LogP) is 10.2. The zero-order chi connectivity index (χ0) is 42.3. The number of benzene rings is 3. The van der Waals surface area contributed by atoms with E-state index in [4.69, 9.17) is 18.6 Å². The number of sulfonamides is 1. The van der Waals surface area contributed by atoms with Crippen LogP contribution in [0.25, 0.3) is 0 Å². The molecule has 322 valence electrons. The molecule has 0 radical (unpaired) electrons. The molecule has 58 heavy (non-hydrogen) atoms. The van der Waals surface area contributed by atoms with Crippen molar-refractivity contribution in [2.75, 3.05) is 13.7 Å². The van der Waals surface area contributed by atoms with Crippen molar-refractivity contribution in [2.24, 2.45) is 17.8 Å². The van der Waals surface area contributed by atoms with Crippen LogP contribution < -0.4 is 4.46 Å². The minimum absolute atomic E-state index is 0.00899. The van der Waals surface area contributed by atoms with Crippen molar-refractivity contribution in [1.29, 1.82) is 0 Å². The van der Waals surface area contributed by atoms with E-state index in [9.17, 15) is 8.42 Å². The van der Waals surface area contributed by atoms with Crippen molar-refractivity contribution in [3.05, 3.63) is 96.1 Å². The fourth-order valence-corrected chi connectivity index (χ4v) is 14.3. The molecule has 7 nitrogen and oxygen atoms in total. The zero-order valence-corrected chi connectivity index (χ0v) is 40.8. The van der Waals surface area contributed by atoms with Gasteiger partial charge in [-0.3, -0.25) is 0 Å². The van der Waals surface area contributed by atoms with E-state index in [1.54, 1.807) is 23.5 Å². The minimum atomic E-state index is -3.63. The Balaban J connectivity index is 1.32. The van der Waals surface area contributed by atoms with E-state index < -0.39 is 18.3 Å². The molecule has 0 aliphatic carbocycles. The van der Waals surface area contributed by atoms with E-state index in [0.717, 1.165) is 37.7 Å². The third-order valence-electron chi connectivity index (χ3n) is 13.2. The third kappa shape index (κ3) is 12.2. The first-order valence-corrected chi connectivity index (χ1v) is 28.0. The van der Waals surface area contributed by atoms with Gasteiger partial charge in [-0.15, -0.1) is 0 Å². The molecule has 0 N–H and O–H groups in total. The van der Waals surface area contributed by atoms with Crippen molar-refractivity contribution in [2.45, 2.75) is 165 Å². The molecule has 2 aliphatic heterocycles. The van der Waals surface area contributed by atoms with Crippen LogP contribution in [0.4, 0.5) is 0 Å². The van der Waals surface area contributed by atoms with Crippen molar-refractivity contribution in [3.8, 4) is 0 Å². The number of hydrogen-bond donors (Lipinski definition) is 0. The van der Waals surface area contributed by atoms with Gasteiger partial charge in [0.2, 0.25) is 10.0 Å². The third-order valence-corrected chi connectivity index (χ3v) is 22.3. The van der Waals surface area contributed by atoms with Crippen molar-refractivity contribution in [1.82, 2.24) is 4.31 Å². The molecule has 2 aliphatic rings. The maximum absolute atomic E-state index is 13.8. The normalized spacial score (nSPS) is 24.4. The molecule has 0 aromatic heterocycles. The zero-order valence-electron chi connectivity index (χ0n) is 37.2. The van der Waals surface area contributed by atoms with E-state index in [1.165, 1.54) is 10.0 Å². The van der Waals surface area contributed by atoms with Gasteiger partial charge in [-0.1, -0.05) is 31.0 Å². The Hall–Kier alpha value is -1.85. The Kier molecular flexibility index (Phi) is 16.9. The average Bonchev–Trinajstić information content (AvgIpc) is 3.84. The molecular weight excluding hydrogens is 826 g/mol. The van der Waals surface area contributed by atoms with E-state index >= 15 is 0 Å². The van der Waals surface area contributed by atoms with Crippen LogP contribution in [0.3, 0.4) is 0 Å². The summed E-state index contributed by atoms with van der Waals surface area (Å²) in [6, 6.07) is 28.4. The molecular formula is C48H73NO6SSeSi. The van der Waals surface area contributed by atoms with Gasteiger partial charge in [-0.25, -0.2) is 8.42 Å². The first-order valence-electron chi connectivity index (χ1n) is 21.8. The maximum atomic E-state index is 13.8. The molecule has 10 heteroatoms. The summed E-state index contributed by atoms with van der Waals surface area (Å²) in [7, 11) is -4.07. The van der Waals surface area contributed by atoms with Crippen LogP contribution in [0.15, 0.2) is 89.8 Å². The summed E-state index contributed by atoms with van der Waals surface area (Å²) in [4.78, 5) is 0.773. The Morgan fingerprint density at radius 2 is 1.50 bits per heavy atom. The van der Waals surface area contributed by atoms with Crippen molar-refractivity contribution in [3.63, 3.8) is 0 Å². The molecule has 0 spiro atoms. The predicted molar refractivity (Wildman–Crippen MR) is 242 cm³/mol. The second kappa shape index (κ2) is 20.8. The quantitative estimate of drug-likeness (QED) is 0.105. The summed E-state index contributed by atoms with van der Waals surface area (Å²) in [5.41, 5.74) is 2.23. The number of rotatable bonds is 20. The van der Waals surface area contributed by atoms with Gasteiger partial charge in [0.05, 0.1) is 4.90 Å². The number of nitrogens with zero attached hydrogens (tertiary/aromatic N) is 1. The van der Waals surface area contributed by atoms with E-state index in [-0.39, 0.29) is 74.3 Å². The number of aryl methyl sites for hydroxylation is 1. The molecule has 2 heterocycles. The van der Waals surface area contributed by atoms with Gasteiger partial charge >= 0.3 is 281 Å². The Bertz CT molecular complexity index is 1790. The van der Waals surface area contributed by atoms with E-state index in [1.807, 2.05) is 25.1 Å². The second-order valence-corrected chi connectivity index (χ2v) is 28.3. The van der Waals surface area contributed by atoms with Crippen LogP contribution in [0.5, 0.6) is 0 Å². The van der Waals surface area contributed by atoms with Gasteiger partial charge < -0.3 is 0 Å². The minimum Gasteiger partial charge on any atom is -0.207 e. The van der Waals surface area contributed by atoms with Crippen LogP contribution in [0.2, 0.25) is 22.9 Å². The van der Waals surface area contributed by atoms with Gasteiger partial charge in [0.1, 0.15) is 0 Å². The first kappa shape index (κ1) is 47.2. The molecule has 2 fully saturated rings.